The predicted molar refractivity (Wildman–Crippen MR) is 125 cm³/mol. The maximum atomic E-state index is 13.0. The van der Waals surface area contributed by atoms with Gasteiger partial charge in [0.25, 0.3) is 5.91 Å². The van der Waals surface area contributed by atoms with Crippen LogP contribution in [0.2, 0.25) is 0 Å². The normalized spacial score (nSPS) is 10.9. The molecule has 0 fully saturated rings. The minimum absolute atomic E-state index is 0.288. The number of amides is 2. The molecule has 1 aromatic heterocycles. The maximum Gasteiger partial charge on any atom is 0.257 e. The van der Waals surface area contributed by atoms with E-state index in [2.05, 4.69) is 22.7 Å². The van der Waals surface area contributed by atoms with Gasteiger partial charge in [-0.3, -0.25) is 14.3 Å². The van der Waals surface area contributed by atoms with Gasteiger partial charge < -0.3 is 10.6 Å². The highest BCUT2D eigenvalue weighted by Gasteiger charge is 2.17. The maximum absolute atomic E-state index is 13.0. The average Bonchev–Trinajstić information content (AvgIpc) is 3.04. The van der Waals surface area contributed by atoms with E-state index in [1.807, 2.05) is 48.9 Å². The Bertz CT molecular complexity index is 1080. The number of hydrogen-bond donors (Lipinski definition) is 2. The van der Waals surface area contributed by atoms with Gasteiger partial charge in [0.1, 0.15) is 0 Å². The van der Waals surface area contributed by atoms with Gasteiger partial charge in [0.05, 0.1) is 28.3 Å². The second-order valence-electron chi connectivity index (χ2n) is 7.36. The highest BCUT2D eigenvalue weighted by atomic mass is 16.2. The molecule has 6 heteroatoms. The van der Waals surface area contributed by atoms with Gasteiger partial charge >= 0.3 is 0 Å². The van der Waals surface area contributed by atoms with Crippen molar-refractivity contribution in [3.05, 3.63) is 83.2 Å². The lowest BCUT2D eigenvalue weighted by Crippen LogP contribution is -2.17. The quantitative estimate of drug-likeness (QED) is 0.495. The number of para-hydroxylation sites is 1. The van der Waals surface area contributed by atoms with Crippen molar-refractivity contribution in [2.45, 2.75) is 40.2 Å². The fraction of sp³-hybridized carbons (Fsp3) is 0.240. The largest absolute Gasteiger partial charge is 0.322 e. The summed E-state index contributed by atoms with van der Waals surface area (Å²) < 4.78 is 1.93. The van der Waals surface area contributed by atoms with Crippen LogP contribution in [0.25, 0.3) is 6.08 Å². The molecule has 0 aliphatic rings. The third-order valence-corrected chi connectivity index (χ3v) is 5.00. The first-order valence-electron chi connectivity index (χ1n) is 10.5. The van der Waals surface area contributed by atoms with Gasteiger partial charge in [-0.2, -0.15) is 5.10 Å². The zero-order chi connectivity index (χ0) is 22.2. The van der Waals surface area contributed by atoms with Gasteiger partial charge in [0, 0.05) is 12.6 Å². The predicted octanol–water partition coefficient (Wildman–Crippen LogP) is 5.20. The van der Waals surface area contributed by atoms with Crippen molar-refractivity contribution in [3.8, 4) is 0 Å². The van der Waals surface area contributed by atoms with E-state index in [0.29, 0.717) is 16.9 Å². The van der Waals surface area contributed by atoms with Gasteiger partial charge in [0.2, 0.25) is 5.91 Å². The van der Waals surface area contributed by atoms with E-state index < -0.39 is 0 Å². The molecule has 0 saturated carbocycles. The van der Waals surface area contributed by atoms with Crippen LogP contribution in [0.5, 0.6) is 0 Å². The van der Waals surface area contributed by atoms with Crippen molar-refractivity contribution in [2.75, 3.05) is 10.6 Å². The number of carbonyl (C=O) groups is 2. The molecular formula is C25H28N4O2. The Morgan fingerprint density at radius 2 is 1.71 bits per heavy atom. The zero-order valence-corrected chi connectivity index (χ0v) is 18.2. The van der Waals surface area contributed by atoms with Crippen LogP contribution in [0.1, 0.15) is 47.1 Å². The third kappa shape index (κ3) is 5.69. The van der Waals surface area contributed by atoms with Crippen LogP contribution in [0.4, 0.5) is 11.4 Å². The second-order valence-corrected chi connectivity index (χ2v) is 7.36. The molecule has 1 heterocycles. The molecule has 6 nitrogen and oxygen atoms in total. The van der Waals surface area contributed by atoms with Crippen LogP contribution in [-0.4, -0.2) is 21.6 Å². The van der Waals surface area contributed by atoms with Crippen molar-refractivity contribution < 1.29 is 9.59 Å². The molecule has 0 unspecified atom stereocenters. The Labute approximate surface area is 183 Å². The molecule has 3 rings (SSSR count). The fourth-order valence-electron chi connectivity index (χ4n) is 3.28. The van der Waals surface area contributed by atoms with Gasteiger partial charge in [0.15, 0.2) is 0 Å². The summed E-state index contributed by atoms with van der Waals surface area (Å²) in [5.74, 6) is -0.590. The van der Waals surface area contributed by atoms with E-state index >= 15 is 0 Å². The van der Waals surface area contributed by atoms with E-state index in [-0.39, 0.29) is 11.8 Å². The Kier molecular flexibility index (Phi) is 7.38. The number of nitrogens with one attached hydrogen (secondary N) is 2. The van der Waals surface area contributed by atoms with Crippen molar-refractivity contribution in [3.63, 3.8) is 0 Å². The topological polar surface area (TPSA) is 76.0 Å². The number of nitrogens with zero attached hydrogens (tertiary/aromatic N) is 2. The summed E-state index contributed by atoms with van der Waals surface area (Å²) in [4.78, 5) is 25.4. The van der Waals surface area contributed by atoms with Crippen LogP contribution in [0, 0.1) is 13.8 Å². The van der Waals surface area contributed by atoms with E-state index in [1.54, 1.807) is 30.3 Å². The molecule has 0 atom stereocenters. The molecular weight excluding hydrogens is 388 g/mol. The molecule has 0 radical (unpaired) electrons. The first kappa shape index (κ1) is 22.0. The summed E-state index contributed by atoms with van der Waals surface area (Å²) in [6.45, 7) is 6.79. The number of anilines is 2. The van der Waals surface area contributed by atoms with E-state index in [0.717, 1.165) is 36.3 Å². The molecule has 2 aromatic carbocycles. The fourth-order valence-corrected chi connectivity index (χ4v) is 3.28. The Morgan fingerprint density at radius 1 is 1.00 bits per heavy atom. The van der Waals surface area contributed by atoms with Crippen molar-refractivity contribution in [2.24, 2.45) is 0 Å². The number of aryl methyl sites for hydroxylation is 2. The summed E-state index contributed by atoms with van der Waals surface area (Å²) in [6.07, 6.45) is 5.29. The van der Waals surface area contributed by atoms with E-state index in [1.165, 1.54) is 6.08 Å². The molecule has 2 amide bonds. The molecule has 0 spiro atoms. The Balaban J connectivity index is 1.74. The average molecular weight is 417 g/mol. The number of hydrogen-bond acceptors (Lipinski definition) is 3. The molecule has 31 heavy (non-hydrogen) atoms. The summed E-state index contributed by atoms with van der Waals surface area (Å²) in [6, 6.07) is 16.5. The number of benzene rings is 2. The zero-order valence-electron chi connectivity index (χ0n) is 18.2. The van der Waals surface area contributed by atoms with Gasteiger partial charge in [-0.25, -0.2) is 0 Å². The Hall–Kier alpha value is -3.67. The molecule has 160 valence electrons. The molecule has 3 aromatic rings. The van der Waals surface area contributed by atoms with Gasteiger partial charge in [-0.05, 0) is 44.0 Å². The van der Waals surface area contributed by atoms with Gasteiger partial charge in [-0.15, -0.1) is 0 Å². The minimum atomic E-state index is -0.302. The second kappa shape index (κ2) is 10.4. The van der Waals surface area contributed by atoms with Crippen LogP contribution < -0.4 is 10.6 Å². The highest BCUT2D eigenvalue weighted by molar-refractivity contribution is 6.12. The SMILES string of the molecule is CCCCn1nc(C)c(NC(=O)c2ccccc2NC(=O)/C=C/c2ccccc2)c1C. The lowest BCUT2D eigenvalue weighted by Gasteiger charge is -2.11. The molecule has 0 saturated heterocycles. The molecule has 0 bridgehead atoms. The lowest BCUT2D eigenvalue weighted by molar-refractivity contribution is -0.111. The number of unbranched alkanes of at least 4 members (excludes halogenated alkanes) is 1. The van der Waals surface area contributed by atoms with Crippen LogP contribution in [-0.2, 0) is 11.3 Å². The number of rotatable bonds is 8. The van der Waals surface area contributed by atoms with Crippen LogP contribution in [0.3, 0.4) is 0 Å². The number of carbonyl (C=O) groups excluding carboxylic acids is 2. The first-order chi connectivity index (χ1) is 15.0. The van der Waals surface area contributed by atoms with Crippen molar-refractivity contribution in [1.29, 1.82) is 0 Å². The Morgan fingerprint density at radius 3 is 2.45 bits per heavy atom. The summed E-state index contributed by atoms with van der Waals surface area (Å²) in [7, 11) is 0. The lowest BCUT2D eigenvalue weighted by atomic mass is 10.1. The third-order valence-electron chi connectivity index (χ3n) is 5.00. The molecule has 2 N–H and O–H groups in total. The van der Waals surface area contributed by atoms with E-state index in [9.17, 15) is 9.59 Å². The first-order valence-corrected chi connectivity index (χ1v) is 10.5. The van der Waals surface area contributed by atoms with Crippen LogP contribution >= 0.6 is 0 Å². The summed E-state index contributed by atoms with van der Waals surface area (Å²) >= 11 is 0. The van der Waals surface area contributed by atoms with E-state index in [4.69, 9.17) is 0 Å². The monoisotopic (exact) mass is 416 g/mol. The standard InChI is InChI=1S/C25H28N4O2/c1-4-5-17-29-19(3)24(18(2)28-29)27-25(31)21-13-9-10-14-22(21)26-23(30)16-15-20-11-7-6-8-12-20/h6-16H,4-5,17H2,1-3H3,(H,26,30)(H,27,31)/b16-15+. The summed E-state index contributed by atoms with van der Waals surface area (Å²) in [5, 5.41) is 10.3. The van der Waals surface area contributed by atoms with Crippen molar-refractivity contribution >= 4 is 29.3 Å². The van der Waals surface area contributed by atoms with Crippen molar-refractivity contribution in [1.82, 2.24) is 9.78 Å². The number of aromatic nitrogens is 2. The molecule has 0 aliphatic carbocycles. The minimum Gasteiger partial charge on any atom is -0.322 e. The summed E-state index contributed by atoms with van der Waals surface area (Å²) in [5.41, 5.74) is 4.18. The highest BCUT2D eigenvalue weighted by Crippen LogP contribution is 2.23. The smallest absolute Gasteiger partial charge is 0.257 e. The van der Waals surface area contributed by atoms with Gasteiger partial charge in [-0.1, -0.05) is 55.8 Å². The molecule has 0 aliphatic heterocycles. The van der Waals surface area contributed by atoms with Crippen LogP contribution in [0.15, 0.2) is 60.7 Å².